The van der Waals surface area contributed by atoms with Gasteiger partial charge in [-0.15, -0.1) is 11.6 Å². The summed E-state index contributed by atoms with van der Waals surface area (Å²) in [6.45, 7) is 11.2. The fourth-order valence-corrected chi connectivity index (χ4v) is 1.87. The molecular formula is C14H25Cl. The van der Waals surface area contributed by atoms with Crippen molar-refractivity contribution in [3.63, 3.8) is 0 Å². The molecule has 0 saturated heterocycles. The highest BCUT2D eigenvalue weighted by molar-refractivity contribution is 6.19. The van der Waals surface area contributed by atoms with Gasteiger partial charge in [-0.1, -0.05) is 51.0 Å². The molecule has 15 heavy (non-hydrogen) atoms. The molecule has 0 saturated carbocycles. The summed E-state index contributed by atoms with van der Waals surface area (Å²) in [5.41, 5.74) is 2.77. The Hall–Kier alpha value is -0.230. The van der Waals surface area contributed by atoms with E-state index in [1.54, 1.807) is 0 Å². The average molecular weight is 229 g/mol. The van der Waals surface area contributed by atoms with Crippen molar-refractivity contribution in [2.75, 3.05) is 5.88 Å². The van der Waals surface area contributed by atoms with Gasteiger partial charge in [-0.3, -0.25) is 0 Å². The second-order valence-electron chi connectivity index (χ2n) is 4.77. The maximum Gasteiger partial charge on any atom is 0.0433 e. The molecule has 0 aromatic rings. The van der Waals surface area contributed by atoms with Gasteiger partial charge in [0.1, 0.15) is 0 Å². The molecule has 0 rings (SSSR count). The molecule has 0 spiro atoms. The number of halogens is 1. The minimum atomic E-state index is 0.631. The highest BCUT2D eigenvalue weighted by Crippen LogP contribution is 2.22. The zero-order chi connectivity index (χ0) is 11.8. The van der Waals surface area contributed by atoms with Crippen LogP contribution in [-0.4, -0.2) is 5.88 Å². The van der Waals surface area contributed by atoms with Crippen molar-refractivity contribution in [2.24, 2.45) is 11.8 Å². The summed E-state index contributed by atoms with van der Waals surface area (Å²) in [4.78, 5) is 0. The van der Waals surface area contributed by atoms with Crippen LogP contribution < -0.4 is 0 Å². The van der Waals surface area contributed by atoms with Crippen molar-refractivity contribution in [1.29, 1.82) is 0 Å². The Bertz CT molecular complexity index is 223. The fourth-order valence-electron chi connectivity index (χ4n) is 1.78. The molecular weight excluding hydrogens is 204 g/mol. The quantitative estimate of drug-likeness (QED) is 0.434. The van der Waals surface area contributed by atoms with E-state index in [4.69, 9.17) is 11.6 Å². The van der Waals surface area contributed by atoms with E-state index in [9.17, 15) is 0 Å². The van der Waals surface area contributed by atoms with Crippen LogP contribution in [0.5, 0.6) is 0 Å². The Morgan fingerprint density at radius 2 is 1.80 bits per heavy atom. The maximum atomic E-state index is 5.74. The van der Waals surface area contributed by atoms with Crippen molar-refractivity contribution >= 4 is 11.6 Å². The van der Waals surface area contributed by atoms with Crippen LogP contribution in [0.3, 0.4) is 0 Å². The van der Waals surface area contributed by atoms with E-state index in [1.807, 2.05) is 0 Å². The molecule has 1 atom stereocenters. The van der Waals surface area contributed by atoms with E-state index in [-0.39, 0.29) is 0 Å². The predicted molar refractivity (Wildman–Crippen MR) is 71.5 cm³/mol. The Morgan fingerprint density at radius 3 is 2.20 bits per heavy atom. The zero-order valence-electron chi connectivity index (χ0n) is 10.8. The lowest BCUT2D eigenvalue weighted by Gasteiger charge is -2.16. The summed E-state index contributed by atoms with van der Waals surface area (Å²) in [6.07, 6.45) is 6.82. The van der Waals surface area contributed by atoms with Crippen LogP contribution >= 0.6 is 11.6 Å². The lowest BCUT2D eigenvalue weighted by molar-refractivity contribution is 0.478. The summed E-state index contributed by atoms with van der Waals surface area (Å²) in [5, 5.41) is 0. The molecule has 1 heteroatoms. The van der Waals surface area contributed by atoms with Crippen LogP contribution in [0.4, 0.5) is 0 Å². The fraction of sp³-hybridized carbons (Fsp3) is 0.714. The number of hydrogen-bond acceptors (Lipinski definition) is 0. The number of rotatable bonds is 6. The van der Waals surface area contributed by atoms with Gasteiger partial charge in [-0.25, -0.2) is 0 Å². The first-order valence-electron chi connectivity index (χ1n) is 5.93. The topological polar surface area (TPSA) is 0 Å². The molecule has 0 aliphatic rings. The molecule has 0 radical (unpaired) electrons. The second kappa shape index (κ2) is 7.98. The Morgan fingerprint density at radius 1 is 1.20 bits per heavy atom. The van der Waals surface area contributed by atoms with Crippen LogP contribution in [0.2, 0.25) is 0 Å². The highest BCUT2D eigenvalue weighted by Gasteiger charge is 2.08. The van der Waals surface area contributed by atoms with Crippen molar-refractivity contribution in [3.8, 4) is 0 Å². The molecule has 88 valence electrons. The van der Waals surface area contributed by atoms with Crippen molar-refractivity contribution in [1.82, 2.24) is 0 Å². The normalized spacial score (nSPS) is 15.9. The van der Waals surface area contributed by atoms with Crippen molar-refractivity contribution < 1.29 is 0 Å². The van der Waals surface area contributed by atoms with Crippen LogP contribution in [0.15, 0.2) is 23.3 Å². The monoisotopic (exact) mass is 228 g/mol. The van der Waals surface area contributed by atoms with Gasteiger partial charge >= 0.3 is 0 Å². The third-order valence-electron chi connectivity index (χ3n) is 2.66. The Balaban J connectivity index is 4.46. The van der Waals surface area contributed by atoms with E-state index >= 15 is 0 Å². The standard InChI is InChI=1S/C14H25Cl/c1-6-14(8-7-12(4)10-15)13(5)9-11(2)3/h7-8,11,13H,6,9-10H2,1-5H3. The highest BCUT2D eigenvalue weighted by atomic mass is 35.5. The molecule has 0 aliphatic carbocycles. The predicted octanol–water partition coefficient (Wildman–Crippen LogP) is 5.19. The van der Waals surface area contributed by atoms with Gasteiger partial charge in [0.15, 0.2) is 0 Å². The summed E-state index contributed by atoms with van der Waals surface area (Å²) in [7, 11) is 0. The first kappa shape index (κ1) is 14.8. The average Bonchev–Trinajstić information content (AvgIpc) is 2.17. The number of hydrogen-bond donors (Lipinski definition) is 0. The lowest BCUT2D eigenvalue weighted by atomic mass is 9.90. The summed E-state index contributed by atoms with van der Waals surface area (Å²) < 4.78 is 0. The molecule has 0 aromatic carbocycles. The van der Waals surface area contributed by atoms with Gasteiger partial charge in [0.05, 0.1) is 0 Å². The summed E-state index contributed by atoms with van der Waals surface area (Å²) in [6, 6.07) is 0. The molecule has 0 amide bonds. The van der Waals surface area contributed by atoms with E-state index in [0.717, 1.165) is 12.3 Å². The van der Waals surface area contributed by atoms with Gasteiger partial charge in [0.25, 0.3) is 0 Å². The molecule has 0 nitrogen and oxygen atoms in total. The van der Waals surface area contributed by atoms with Gasteiger partial charge in [-0.2, -0.15) is 0 Å². The summed E-state index contributed by atoms with van der Waals surface area (Å²) >= 11 is 5.74. The number of alkyl halides is 1. The van der Waals surface area contributed by atoms with Crippen LogP contribution in [0, 0.1) is 11.8 Å². The zero-order valence-corrected chi connectivity index (χ0v) is 11.6. The molecule has 0 aromatic heterocycles. The van der Waals surface area contributed by atoms with E-state index in [0.29, 0.717) is 11.8 Å². The van der Waals surface area contributed by atoms with Crippen LogP contribution in [-0.2, 0) is 0 Å². The second-order valence-corrected chi connectivity index (χ2v) is 5.04. The largest absolute Gasteiger partial charge is 0.122 e. The van der Waals surface area contributed by atoms with E-state index in [1.165, 1.54) is 17.6 Å². The summed E-state index contributed by atoms with van der Waals surface area (Å²) in [5.74, 6) is 2.09. The lowest BCUT2D eigenvalue weighted by Crippen LogP contribution is -2.03. The molecule has 0 aliphatic heterocycles. The Labute approximate surface area is 100 Å². The molecule has 0 N–H and O–H groups in total. The van der Waals surface area contributed by atoms with E-state index < -0.39 is 0 Å². The molecule has 0 fully saturated rings. The van der Waals surface area contributed by atoms with Gasteiger partial charge in [-0.05, 0) is 31.6 Å². The third kappa shape index (κ3) is 6.78. The van der Waals surface area contributed by atoms with Gasteiger partial charge in [0.2, 0.25) is 0 Å². The molecule has 0 bridgehead atoms. The Kier molecular flexibility index (Phi) is 7.86. The van der Waals surface area contributed by atoms with Crippen molar-refractivity contribution in [3.05, 3.63) is 23.3 Å². The maximum absolute atomic E-state index is 5.74. The molecule has 0 heterocycles. The smallest absolute Gasteiger partial charge is 0.0433 e. The molecule has 1 unspecified atom stereocenters. The SMILES string of the molecule is CCC(=CC=C(C)CCl)C(C)CC(C)C. The first-order valence-corrected chi connectivity index (χ1v) is 6.46. The van der Waals surface area contributed by atoms with Gasteiger partial charge < -0.3 is 0 Å². The minimum Gasteiger partial charge on any atom is -0.122 e. The first-order chi connectivity index (χ1) is 7.01. The van der Waals surface area contributed by atoms with Gasteiger partial charge in [0, 0.05) is 5.88 Å². The third-order valence-corrected chi connectivity index (χ3v) is 3.08. The van der Waals surface area contributed by atoms with Crippen LogP contribution in [0.1, 0.15) is 47.5 Å². The van der Waals surface area contributed by atoms with Crippen molar-refractivity contribution in [2.45, 2.75) is 47.5 Å². The number of allylic oxidation sites excluding steroid dienone is 4. The van der Waals surface area contributed by atoms with Crippen LogP contribution in [0.25, 0.3) is 0 Å². The minimum absolute atomic E-state index is 0.631. The van der Waals surface area contributed by atoms with E-state index in [2.05, 4.69) is 46.8 Å².